The molecule has 0 spiro atoms. The molecule has 0 unspecified atom stereocenters. The zero-order valence-corrected chi connectivity index (χ0v) is 13.0. The monoisotopic (exact) mass is 292 g/mol. The van der Waals surface area contributed by atoms with Gasteiger partial charge in [0.25, 0.3) is 0 Å². The van der Waals surface area contributed by atoms with Crippen LogP contribution in [0.4, 0.5) is 0 Å². The van der Waals surface area contributed by atoms with E-state index in [0.29, 0.717) is 12.6 Å². The maximum absolute atomic E-state index is 11.4. The van der Waals surface area contributed by atoms with E-state index in [4.69, 9.17) is 15.2 Å². The van der Waals surface area contributed by atoms with E-state index in [1.54, 1.807) is 14.2 Å². The molecule has 1 heterocycles. The van der Waals surface area contributed by atoms with E-state index in [1.807, 2.05) is 18.2 Å². The molecule has 0 aromatic heterocycles. The highest BCUT2D eigenvalue weighted by atomic mass is 16.5. The number of methoxy groups -OCH3 is 2. The molecular formula is C16H24N2O3. The minimum absolute atomic E-state index is 0.0505. The third-order valence-corrected chi connectivity index (χ3v) is 4.28. The molecule has 2 N–H and O–H groups in total. The van der Waals surface area contributed by atoms with Crippen LogP contribution in [0.3, 0.4) is 0 Å². The van der Waals surface area contributed by atoms with Crippen LogP contribution >= 0.6 is 0 Å². The predicted molar refractivity (Wildman–Crippen MR) is 81.3 cm³/mol. The molecule has 1 fully saturated rings. The lowest BCUT2D eigenvalue weighted by molar-refractivity contribution is -0.124. The Kier molecular flexibility index (Phi) is 5.07. The molecular weight excluding hydrogens is 268 g/mol. The molecule has 1 aliphatic rings. The number of piperidine rings is 1. The lowest BCUT2D eigenvalue weighted by Gasteiger charge is -2.37. The van der Waals surface area contributed by atoms with Crippen molar-refractivity contribution in [3.05, 3.63) is 23.8 Å². The van der Waals surface area contributed by atoms with Crippen LogP contribution < -0.4 is 15.2 Å². The molecule has 5 nitrogen and oxygen atoms in total. The van der Waals surface area contributed by atoms with Gasteiger partial charge in [-0.2, -0.15) is 0 Å². The van der Waals surface area contributed by atoms with E-state index in [0.717, 1.165) is 36.4 Å². The zero-order valence-electron chi connectivity index (χ0n) is 13.0. The fourth-order valence-corrected chi connectivity index (χ4v) is 2.83. The summed E-state index contributed by atoms with van der Waals surface area (Å²) in [6.45, 7) is 3.65. The van der Waals surface area contributed by atoms with Gasteiger partial charge in [0.1, 0.15) is 11.5 Å². The normalized spacial score (nSPS) is 22.8. The fraction of sp³-hybridized carbons (Fsp3) is 0.562. The zero-order chi connectivity index (χ0) is 15.4. The number of carbonyl (C=O) groups excluding carboxylic acids is 1. The molecule has 1 amide bonds. The van der Waals surface area contributed by atoms with Gasteiger partial charge in [0.05, 0.1) is 20.1 Å². The molecule has 0 bridgehead atoms. The van der Waals surface area contributed by atoms with Crippen LogP contribution in [-0.4, -0.2) is 37.6 Å². The molecule has 0 saturated carbocycles. The lowest BCUT2D eigenvalue weighted by Crippen LogP contribution is -2.45. The van der Waals surface area contributed by atoms with Crippen LogP contribution in [0.25, 0.3) is 0 Å². The first kappa shape index (κ1) is 15.6. The molecule has 1 saturated heterocycles. The number of primary amides is 1. The van der Waals surface area contributed by atoms with Crippen LogP contribution in [0.5, 0.6) is 11.5 Å². The molecule has 2 rings (SSSR count). The number of hydrogen-bond donors (Lipinski definition) is 1. The average molecular weight is 292 g/mol. The predicted octanol–water partition coefficient (Wildman–Crippen LogP) is 1.79. The van der Waals surface area contributed by atoms with Gasteiger partial charge in [-0.3, -0.25) is 9.69 Å². The van der Waals surface area contributed by atoms with Crippen molar-refractivity contribution in [2.45, 2.75) is 32.4 Å². The number of nitrogens with two attached hydrogens (primary N) is 1. The maximum atomic E-state index is 11.4. The van der Waals surface area contributed by atoms with E-state index in [2.05, 4.69) is 11.8 Å². The summed E-state index contributed by atoms with van der Waals surface area (Å²) in [6.07, 6.45) is 1.87. The van der Waals surface area contributed by atoms with Crippen molar-refractivity contribution in [3.8, 4) is 11.5 Å². The third-order valence-electron chi connectivity index (χ3n) is 4.28. The molecule has 1 aromatic rings. The molecule has 0 aliphatic carbocycles. The second kappa shape index (κ2) is 6.80. The number of rotatable bonds is 5. The highest BCUT2D eigenvalue weighted by molar-refractivity contribution is 5.77. The molecule has 116 valence electrons. The number of amides is 1. The van der Waals surface area contributed by atoms with Crippen molar-refractivity contribution in [3.63, 3.8) is 0 Å². The van der Waals surface area contributed by atoms with Crippen LogP contribution in [0, 0.1) is 5.92 Å². The Morgan fingerprint density at radius 2 is 2.10 bits per heavy atom. The minimum atomic E-state index is -0.200. The van der Waals surface area contributed by atoms with E-state index >= 15 is 0 Å². The van der Waals surface area contributed by atoms with Crippen LogP contribution in [-0.2, 0) is 11.3 Å². The van der Waals surface area contributed by atoms with E-state index in [9.17, 15) is 4.79 Å². The minimum Gasteiger partial charge on any atom is -0.497 e. The van der Waals surface area contributed by atoms with Gasteiger partial charge in [-0.1, -0.05) is 6.07 Å². The standard InChI is InChI=1S/C16H24N2O3/c1-11-4-5-13(16(17)19)10-18(11)9-12-6-7-14(20-2)8-15(12)21-3/h6-8,11,13H,4-5,9-10H2,1-3H3,(H2,17,19)/t11-,13+/m0/s1. The Morgan fingerprint density at radius 1 is 1.33 bits per heavy atom. The van der Waals surface area contributed by atoms with Crippen molar-refractivity contribution in [1.29, 1.82) is 0 Å². The second-order valence-corrected chi connectivity index (χ2v) is 5.63. The summed E-state index contributed by atoms with van der Waals surface area (Å²) < 4.78 is 10.7. The molecule has 1 aromatic carbocycles. The molecule has 21 heavy (non-hydrogen) atoms. The Hall–Kier alpha value is -1.75. The largest absolute Gasteiger partial charge is 0.497 e. The molecule has 2 atom stereocenters. The molecule has 1 aliphatic heterocycles. The van der Waals surface area contributed by atoms with Crippen molar-refractivity contribution >= 4 is 5.91 Å². The van der Waals surface area contributed by atoms with Crippen molar-refractivity contribution in [2.75, 3.05) is 20.8 Å². The van der Waals surface area contributed by atoms with Gasteiger partial charge >= 0.3 is 0 Å². The third kappa shape index (κ3) is 3.67. The van der Waals surface area contributed by atoms with Crippen molar-refractivity contribution < 1.29 is 14.3 Å². The maximum Gasteiger partial charge on any atom is 0.221 e. The van der Waals surface area contributed by atoms with Crippen molar-refractivity contribution in [1.82, 2.24) is 4.90 Å². The van der Waals surface area contributed by atoms with Crippen LogP contribution in [0.15, 0.2) is 18.2 Å². The number of ether oxygens (including phenoxy) is 2. The molecule has 0 radical (unpaired) electrons. The summed E-state index contributed by atoms with van der Waals surface area (Å²) in [5, 5.41) is 0. The van der Waals surface area contributed by atoms with Gasteiger partial charge in [0.2, 0.25) is 5.91 Å². The number of benzene rings is 1. The summed E-state index contributed by atoms with van der Waals surface area (Å²) in [7, 11) is 3.29. The highest BCUT2D eigenvalue weighted by Crippen LogP contribution is 2.29. The van der Waals surface area contributed by atoms with Gasteiger partial charge in [-0.05, 0) is 25.8 Å². The summed E-state index contributed by atoms with van der Waals surface area (Å²) in [5.74, 6) is 1.33. The SMILES string of the molecule is COc1ccc(CN2C[C@H](C(N)=O)CC[C@@H]2C)c(OC)c1. The van der Waals surface area contributed by atoms with E-state index in [-0.39, 0.29) is 11.8 Å². The first-order chi connectivity index (χ1) is 10.0. The first-order valence-electron chi connectivity index (χ1n) is 7.29. The van der Waals surface area contributed by atoms with Crippen LogP contribution in [0.2, 0.25) is 0 Å². The second-order valence-electron chi connectivity index (χ2n) is 5.63. The number of carbonyl (C=O) groups is 1. The Morgan fingerprint density at radius 3 is 2.71 bits per heavy atom. The van der Waals surface area contributed by atoms with Crippen LogP contribution in [0.1, 0.15) is 25.3 Å². The van der Waals surface area contributed by atoms with Gasteiger partial charge < -0.3 is 15.2 Å². The van der Waals surface area contributed by atoms with Crippen molar-refractivity contribution in [2.24, 2.45) is 11.7 Å². The number of nitrogens with zero attached hydrogens (tertiary/aromatic N) is 1. The quantitative estimate of drug-likeness (QED) is 0.898. The number of likely N-dealkylation sites (tertiary alicyclic amines) is 1. The Balaban J connectivity index is 2.14. The van der Waals surface area contributed by atoms with Gasteiger partial charge in [-0.25, -0.2) is 0 Å². The first-order valence-corrected chi connectivity index (χ1v) is 7.29. The van der Waals surface area contributed by atoms with E-state index < -0.39 is 0 Å². The highest BCUT2D eigenvalue weighted by Gasteiger charge is 2.29. The summed E-state index contributed by atoms with van der Waals surface area (Å²) >= 11 is 0. The Labute approximate surface area is 126 Å². The Bertz CT molecular complexity index is 504. The van der Waals surface area contributed by atoms with Gasteiger partial charge in [0.15, 0.2) is 0 Å². The lowest BCUT2D eigenvalue weighted by atomic mass is 9.92. The molecule has 5 heteroatoms. The summed E-state index contributed by atoms with van der Waals surface area (Å²) in [5.41, 5.74) is 6.55. The smallest absolute Gasteiger partial charge is 0.221 e. The van der Waals surface area contributed by atoms with Gasteiger partial charge in [-0.15, -0.1) is 0 Å². The van der Waals surface area contributed by atoms with E-state index in [1.165, 1.54) is 0 Å². The fourth-order valence-electron chi connectivity index (χ4n) is 2.83. The van der Waals surface area contributed by atoms with Gasteiger partial charge in [0, 0.05) is 30.8 Å². The number of hydrogen-bond acceptors (Lipinski definition) is 4. The summed E-state index contributed by atoms with van der Waals surface area (Å²) in [6, 6.07) is 6.26. The summed E-state index contributed by atoms with van der Waals surface area (Å²) in [4.78, 5) is 13.7. The average Bonchev–Trinajstić information content (AvgIpc) is 2.49. The topological polar surface area (TPSA) is 64.8 Å².